The lowest BCUT2D eigenvalue weighted by Crippen LogP contribution is -2.29. The molecule has 0 heterocycles. The topological polar surface area (TPSA) is 47.6 Å². The monoisotopic (exact) mass is 327 g/mol. The molecule has 4 nitrogen and oxygen atoms in total. The number of methoxy groups -OCH3 is 1. The van der Waals surface area contributed by atoms with Crippen molar-refractivity contribution in [3.63, 3.8) is 0 Å². The second-order valence-electron chi connectivity index (χ2n) is 3.78. The fraction of sp³-hybridized carbons (Fsp3) is 0.417. The van der Waals surface area contributed by atoms with E-state index in [1.165, 1.54) is 19.2 Å². The number of anilines is 1. The van der Waals surface area contributed by atoms with Crippen molar-refractivity contribution < 1.29 is 23.0 Å². The van der Waals surface area contributed by atoms with E-state index in [0.717, 1.165) is 0 Å². The number of halogens is 4. The van der Waals surface area contributed by atoms with Crippen LogP contribution in [0.25, 0.3) is 0 Å². The molecule has 20 heavy (non-hydrogen) atoms. The SMILES string of the molecule is CCC(Nc1cc(Cl)c(OC(F)F)c(Cl)c1)C(=O)OC. The molecule has 1 atom stereocenters. The Kier molecular flexibility index (Phi) is 6.29. The van der Waals surface area contributed by atoms with Crippen LogP contribution in [0, 0.1) is 0 Å². The van der Waals surface area contributed by atoms with E-state index >= 15 is 0 Å². The van der Waals surface area contributed by atoms with Gasteiger partial charge in [0.25, 0.3) is 0 Å². The lowest BCUT2D eigenvalue weighted by atomic mass is 10.2. The third-order valence-electron chi connectivity index (χ3n) is 2.44. The minimum atomic E-state index is -3.03. The fourth-order valence-electron chi connectivity index (χ4n) is 1.52. The number of carbonyl (C=O) groups is 1. The molecule has 0 saturated carbocycles. The summed E-state index contributed by atoms with van der Waals surface area (Å²) in [6, 6.07) is 2.10. The fourth-order valence-corrected chi connectivity index (χ4v) is 2.09. The number of ether oxygens (including phenoxy) is 2. The number of rotatable bonds is 6. The van der Waals surface area contributed by atoms with E-state index in [9.17, 15) is 13.6 Å². The van der Waals surface area contributed by atoms with Gasteiger partial charge in [-0.05, 0) is 18.6 Å². The molecule has 0 amide bonds. The molecule has 0 radical (unpaired) electrons. The molecule has 0 aliphatic carbocycles. The van der Waals surface area contributed by atoms with Gasteiger partial charge in [-0.2, -0.15) is 8.78 Å². The molecular formula is C12H13Cl2F2NO3. The van der Waals surface area contributed by atoms with E-state index < -0.39 is 18.6 Å². The Morgan fingerprint density at radius 3 is 2.30 bits per heavy atom. The molecular weight excluding hydrogens is 315 g/mol. The van der Waals surface area contributed by atoms with Gasteiger partial charge in [-0.15, -0.1) is 0 Å². The molecule has 112 valence electrons. The molecule has 8 heteroatoms. The molecule has 0 saturated heterocycles. The van der Waals surface area contributed by atoms with Crippen LogP contribution in [0.1, 0.15) is 13.3 Å². The summed E-state index contributed by atoms with van der Waals surface area (Å²) in [5, 5.41) is 2.69. The Labute approximate surface area is 124 Å². The van der Waals surface area contributed by atoms with Crippen LogP contribution in [0.5, 0.6) is 5.75 Å². The normalized spacial score (nSPS) is 12.2. The number of esters is 1. The highest BCUT2D eigenvalue weighted by Crippen LogP contribution is 2.37. The van der Waals surface area contributed by atoms with Crippen molar-refractivity contribution in [3.8, 4) is 5.75 Å². The number of hydrogen-bond donors (Lipinski definition) is 1. The Balaban J connectivity index is 2.96. The average Bonchev–Trinajstić information content (AvgIpc) is 2.39. The predicted octanol–water partition coefficient (Wildman–Crippen LogP) is 3.96. The Morgan fingerprint density at radius 1 is 1.35 bits per heavy atom. The molecule has 0 spiro atoms. The third-order valence-corrected chi connectivity index (χ3v) is 3.00. The summed E-state index contributed by atoms with van der Waals surface area (Å²) >= 11 is 11.6. The molecule has 1 N–H and O–H groups in total. The maximum atomic E-state index is 12.2. The highest BCUT2D eigenvalue weighted by molar-refractivity contribution is 6.37. The van der Waals surface area contributed by atoms with Crippen molar-refractivity contribution in [2.45, 2.75) is 26.0 Å². The van der Waals surface area contributed by atoms with Gasteiger partial charge in [0, 0.05) is 5.69 Å². The van der Waals surface area contributed by atoms with Crippen molar-refractivity contribution >= 4 is 34.9 Å². The van der Waals surface area contributed by atoms with Gasteiger partial charge in [-0.25, -0.2) is 4.79 Å². The van der Waals surface area contributed by atoms with Crippen LogP contribution in [0.2, 0.25) is 10.0 Å². The van der Waals surface area contributed by atoms with Gasteiger partial charge >= 0.3 is 12.6 Å². The summed E-state index contributed by atoms with van der Waals surface area (Å²) in [7, 11) is 1.27. The molecule has 0 bridgehead atoms. The zero-order valence-electron chi connectivity index (χ0n) is 10.8. The third kappa shape index (κ3) is 4.38. The maximum Gasteiger partial charge on any atom is 0.387 e. The Morgan fingerprint density at radius 2 is 1.90 bits per heavy atom. The maximum absolute atomic E-state index is 12.2. The summed E-state index contributed by atoms with van der Waals surface area (Å²) in [4.78, 5) is 11.5. The lowest BCUT2D eigenvalue weighted by Gasteiger charge is -2.17. The van der Waals surface area contributed by atoms with Crippen molar-refractivity contribution in [2.75, 3.05) is 12.4 Å². The highest BCUT2D eigenvalue weighted by Gasteiger charge is 2.19. The van der Waals surface area contributed by atoms with Gasteiger partial charge in [0.2, 0.25) is 0 Å². The van der Waals surface area contributed by atoms with Crippen molar-refractivity contribution in [1.82, 2.24) is 0 Å². The number of alkyl halides is 2. The van der Waals surface area contributed by atoms with Crippen LogP contribution < -0.4 is 10.1 Å². The van der Waals surface area contributed by atoms with Gasteiger partial charge in [-0.1, -0.05) is 30.1 Å². The van der Waals surface area contributed by atoms with E-state index in [-0.39, 0.29) is 15.8 Å². The van der Waals surface area contributed by atoms with Gasteiger partial charge in [0.15, 0.2) is 5.75 Å². The summed E-state index contributed by atoms with van der Waals surface area (Å²) in [6.45, 7) is -1.24. The lowest BCUT2D eigenvalue weighted by molar-refractivity contribution is -0.141. The van der Waals surface area contributed by atoms with E-state index in [0.29, 0.717) is 12.1 Å². The average molecular weight is 328 g/mol. The van der Waals surface area contributed by atoms with Crippen LogP contribution in [0.15, 0.2) is 12.1 Å². The predicted molar refractivity (Wildman–Crippen MR) is 72.8 cm³/mol. The van der Waals surface area contributed by atoms with Crippen LogP contribution in [-0.4, -0.2) is 25.7 Å². The Bertz CT molecular complexity index is 463. The van der Waals surface area contributed by atoms with E-state index in [4.69, 9.17) is 23.2 Å². The van der Waals surface area contributed by atoms with Gasteiger partial charge in [0.05, 0.1) is 17.2 Å². The summed E-state index contributed by atoms with van der Waals surface area (Å²) in [6.07, 6.45) is 0.469. The number of nitrogens with one attached hydrogen (secondary N) is 1. The minimum absolute atomic E-state index is 0.0833. The number of carbonyl (C=O) groups excluding carboxylic acids is 1. The van der Waals surface area contributed by atoms with E-state index in [1.807, 2.05) is 0 Å². The molecule has 1 aromatic rings. The van der Waals surface area contributed by atoms with Crippen molar-refractivity contribution in [1.29, 1.82) is 0 Å². The second-order valence-corrected chi connectivity index (χ2v) is 4.59. The number of hydrogen-bond acceptors (Lipinski definition) is 4. The molecule has 0 aromatic heterocycles. The van der Waals surface area contributed by atoms with E-state index in [2.05, 4.69) is 14.8 Å². The van der Waals surface area contributed by atoms with Crippen molar-refractivity contribution in [2.24, 2.45) is 0 Å². The van der Waals surface area contributed by atoms with Crippen LogP contribution in [0.4, 0.5) is 14.5 Å². The molecule has 1 aromatic carbocycles. The summed E-state index contributed by atoms with van der Waals surface area (Å²) < 4.78 is 33.2. The highest BCUT2D eigenvalue weighted by atomic mass is 35.5. The van der Waals surface area contributed by atoms with Gasteiger partial charge in [0.1, 0.15) is 6.04 Å². The second kappa shape index (κ2) is 7.50. The largest absolute Gasteiger partial charge is 0.467 e. The first-order chi connectivity index (χ1) is 9.38. The summed E-state index contributed by atoms with van der Waals surface area (Å²) in [5.41, 5.74) is 0.402. The van der Waals surface area contributed by atoms with Gasteiger partial charge < -0.3 is 14.8 Å². The first-order valence-electron chi connectivity index (χ1n) is 5.67. The van der Waals surface area contributed by atoms with Crippen LogP contribution >= 0.6 is 23.2 Å². The Hall–Kier alpha value is -1.27. The van der Waals surface area contributed by atoms with Crippen LogP contribution in [-0.2, 0) is 9.53 Å². The molecule has 0 fully saturated rings. The quantitative estimate of drug-likeness (QED) is 0.803. The molecule has 0 aliphatic heterocycles. The standard InChI is InChI=1S/C12H13Cl2F2NO3/c1-3-9(11(18)19-2)17-6-4-7(13)10(8(14)5-6)20-12(15)16/h4-5,9,12,17H,3H2,1-2H3. The summed E-state index contributed by atoms with van der Waals surface area (Å²) in [5.74, 6) is -0.757. The molecule has 1 unspecified atom stereocenters. The van der Waals surface area contributed by atoms with Gasteiger partial charge in [-0.3, -0.25) is 0 Å². The van der Waals surface area contributed by atoms with Crippen LogP contribution in [0.3, 0.4) is 0 Å². The zero-order valence-corrected chi connectivity index (χ0v) is 12.3. The number of benzene rings is 1. The first kappa shape index (κ1) is 16.8. The van der Waals surface area contributed by atoms with E-state index in [1.54, 1.807) is 6.92 Å². The molecule has 0 aliphatic rings. The smallest absolute Gasteiger partial charge is 0.387 e. The molecule has 1 rings (SSSR count). The minimum Gasteiger partial charge on any atom is -0.467 e. The first-order valence-corrected chi connectivity index (χ1v) is 6.42. The zero-order chi connectivity index (χ0) is 15.3. The van der Waals surface area contributed by atoms with Crippen molar-refractivity contribution in [3.05, 3.63) is 22.2 Å².